The molecule has 3 aromatic carbocycles. The number of esters is 2. The van der Waals surface area contributed by atoms with Gasteiger partial charge in [0.25, 0.3) is 0 Å². The average molecular weight is 654 g/mol. The maximum Gasteiger partial charge on any atom is 0.303 e. The summed E-state index contributed by atoms with van der Waals surface area (Å²) in [7, 11) is 3.21. The number of carbonyl (C=O) groups is 2. The number of nitrogens with two attached hydrogens (primary N) is 1. The molecule has 6 rings (SSSR count). The van der Waals surface area contributed by atoms with Gasteiger partial charge in [-0.05, 0) is 41.0 Å². The van der Waals surface area contributed by atoms with Crippen LogP contribution in [0.15, 0.2) is 91.5 Å². The molecule has 0 saturated carbocycles. The molecule has 13 nitrogen and oxygen atoms in total. The highest BCUT2D eigenvalue weighted by Gasteiger charge is 2.52. The number of hydrogen-bond donors (Lipinski definition) is 1. The van der Waals surface area contributed by atoms with E-state index in [-0.39, 0.29) is 12.4 Å². The topological polar surface area (TPSA) is 159 Å². The molecule has 1 fully saturated rings. The molecular weight excluding hydrogens is 618 g/mol. The van der Waals surface area contributed by atoms with Crippen LogP contribution < -0.4 is 15.2 Å². The van der Waals surface area contributed by atoms with Crippen LogP contribution in [-0.4, -0.2) is 70.6 Å². The van der Waals surface area contributed by atoms with Crippen LogP contribution in [0.1, 0.15) is 36.8 Å². The molecule has 248 valence electrons. The summed E-state index contributed by atoms with van der Waals surface area (Å²) in [6.45, 7) is 2.44. The van der Waals surface area contributed by atoms with Crippen molar-refractivity contribution in [2.45, 2.75) is 44.0 Å². The molecule has 0 unspecified atom stereocenters. The maximum atomic E-state index is 12.5. The van der Waals surface area contributed by atoms with Gasteiger partial charge < -0.3 is 34.2 Å². The second-order valence-corrected chi connectivity index (χ2v) is 11.1. The van der Waals surface area contributed by atoms with Gasteiger partial charge in [-0.3, -0.25) is 14.2 Å². The average Bonchev–Trinajstić information content (AvgIpc) is 3.67. The van der Waals surface area contributed by atoms with Crippen LogP contribution >= 0.6 is 0 Å². The Balaban J connectivity index is 1.46. The number of anilines is 1. The third kappa shape index (κ3) is 6.12. The first kappa shape index (κ1) is 32.4. The van der Waals surface area contributed by atoms with Crippen molar-refractivity contribution in [1.82, 2.24) is 19.5 Å². The minimum Gasteiger partial charge on any atom is -0.497 e. The van der Waals surface area contributed by atoms with Gasteiger partial charge in [-0.2, -0.15) is 0 Å². The Morgan fingerprint density at radius 1 is 0.792 bits per heavy atom. The van der Waals surface area contributed by atoms with Crippen LogP contribution in [0.5, 0.6) is 11.5 Å². The fourth-order valence-electron chi connectivity index (χ4n) is 6.05. The minimum absolute atomic E-state index is 0.108. The number of carbonyl (C=O) groups excluding carboxylic acids is 2. The number of methoxy groups -OCH3 is 2. The van der Waals surface area contributed by atoms with E-state index in [4.69, 9.17) is 34.2 Å². The Labute approximate surface area is 276 Å². The van der Waals surface area contributed by atoms with E-state index in [9.17, 15) is 9.59 Å². The second kappa shape index (κ2) is 13.7. The molecule has 0 bridgehead atoms. The molecule has 0 amide bonds. The van der Waals surface area contributed by atoms with Gasteiger partial charge in [0.2, 0.25) is 0 Å². The molecule has 13 heteroatoms. The zero-order chi connectivity index (χ0) is 33.8. The first-order valence-corrected chi connectivity index (χ1v) is 15.2. The van der Waals surface area contributed by atoms with Crippen molar-refractivity contribution in [3.8, 4) is 11.5 Å². The highest BCUT2D eigenvalue weighted by atomic mass is 16.7. The quantitative estimate of drug-likeness (QED) is 0.160. The molecule has 2 aromatic heterocycles. The summed E-state index contributed by atoms with van der Waals surface area (Å²) in [6, 6.07) is 24.9. The molecule has 1 saturated heterocycles. The molecule has 48 heavy (non-hydrogen) atoms. The smallest absolute Gasteiger partial charge is 0.303 e. The van der Waals surface area contributed by atoms with E-state index in [0.717, 1.165) is 16.7 Å². The van der Waals surface area contributed by atoms with E-state index < -0.39 is 42.1 Å². The summed E-state index contributed by atoms with van der Waals surface area (Å²) in [5.74, 6) is 0.333. The summed E-state index contributed by atoms with van der Waals surface area (Å²) in [5.41, 5.74) is 7.95. The summed E-state index contributed by atoms with van der Waals surface area (Å²) in [5, 5.41) is 0. The lowest BCUT2D eigenvalue weighted by Gasteiger charge is -2.37. The Morgan fingerprint density at radius 3 is 1.92 bits per heavy atom. The number of ether oxygens (including phenoxy) is 6. The normalized spacial score (nSPS) is 19.2. The monoisotopic (exact) mass is 653 g/mol. The first-order valence-electron chi connectivity index (χ1n) is 15.2. The number of imidazole rings is 1. The van der Waals surface area contributed by atoms with Crippen LogP contribution in [0.4, 0.5) is 5.82 Å². The van der Waals surface area contributed by atoms with Crippen molar-refractivity contribution in [1.29, 1.82) is 0 Å². The van der Waals surface area contributed by atoms with E-state index in [0.29, 0.717) is 22.7 Å². The van der Waals surface area contributed by atoms with Gasteiger partial charge in [0.1, 0.15) is 35.0 Å². The van der Waals surface area contributed by atoms with Crippen molar-refractivity contribution >= 4 is 28.9 Å². The SMILES string of the molecule is COc1ccc(C(OC[C@H]2O[C@@H](n3cnc4c(N)ncnc43)[C@H](OC(C)=O)[C@@H]2OC(C)=O)(c2ccccc2)c2ccc(OC)cc2)cc1. The van der Waals surface area contributed by atoms with Crippen LogP contribution in [0.2, 0.25) is 0 Å². The van der Waals surface area contributed by atoms with Crippen LogP contribution in [0.3, 0.4) is 0 Å². The number of nitrogens with zero attached hydrogens (tertiary/aromatic N) is 4. The van der Waals surface area contributed by atoms with Gasteiger partial charge in [0, 0.05) is 13.8 Å². The third-order valence-electron chi connectivity index (χ3n) is 8.19. The molecule has 2 N–H and O–H groups in total. The lowest BCUT2D eigenvalue weighted by molar-refractivity contribution is -0.166. The van der Waals surface area contributed by atoms with Crippen molar-refractivity contribution < 1.29 is 38.0 Å². The molecule has 0 spiro atoms. The standard InChI is InChI=1S/C35H35N5O8/c1-21(41)46-30-28(48-34(31(30)47-22(2)42)40-20-39-29-32(36)37-19-38-33(29)40)18-45-35(23-8-6-5-7-9-23,24-10-14-26(43-3)15-11-24)25-12-16-27(44-4)17-13-25/h5-17,19-20,28,30-31,34H,18H2,1-4H3,(H2,36,37,38)/t28-,30-,31-,34-/m1/s1. The van der Waals surface area contributed by atoms with Gasteiger partial charge in [-0.15, -0.1) is 0 Å². The largest absolute Gasteiger partial charge is 0.497 e. The summed E-state index contributed by atoms with van der Waals surface area (Å²) in [4.78, 5) is 37.6. The number of benzene rings is 3. The van der Waals surface area contributed by atoms with E-state index in [2.05, 4.69) is 15.0 Å². The number of aromatic nitrogens is 4. The van der Waals surface area contributed by atoms with Gasteiger partial charge in [0.05, 0.1) is 27.2 Å². The second-order valence-electron chi connectivity index (χ2n) is 11.1. The summed E-state index contributed by atoms with van der Waals surface area (Å²) >= 11 is 0. The molecule has 1 aliphatic rings. The van der Waals surface area contributed by atoms with Crippen LogP contribution in [0, 0.1) is 0 Å². The van der Waals surface area contributed by atoms with Crippen molar-refractivity contribution in [2.24, 2.45) is 0 Å². The van der Waals surface area contributed by atoms with E-state index in [1.54, 1.807) is 18.8 Å². The number of hydrogen-bond acceptors (Lipinski definition) is 12. The first-order chi connectivity index (χ1) is 23.2. The van der Waals surface area contributed by atoms with Crippen LogP contribution in [-0.2, 0) is 34.1 Å². The van der Waals surface area contributed by atoms with Gasteiger partial charge >= 0.3 is 11.9 Å². The fourth-order valence-corrected chi connectivity index (χ4v) is 6.05. The van der Waals surface area contributed by atoms with Gasteiger partial charge in [-0.1, -0.05) is 54.6 Å². The third-order valence-corrected chi connectivity index (χ3v) is 8.19. The number of rotatable bonds is 11. The Kier molecular flexibility index (Phi) is 9.24. The van der Waals surface area contributed by atoms with Crippen molar-refractivity contribution in [3.63, 3.8) is 0 Å². The lowest BCUT2D eigenvalue weighted by atomic mass is 9.80. The molecule has 1 aliphatic heterocycles. The molecule has 3 heterocycles. The van der Waals surface area contributed by atoms with Gasteiger partial charge in [-0.25, -0.2) is 15.0 Å². The molecule has 0 aliphatic carbocycles. The zero-order valence-corrected chi connectivity index (χ0v) is 26.8. The number of nitrogen functional groups attached to an aromatic ring is 1. The minimum atomic E-state index is -1.19. The highest BCUT2D eigenvalue weighted by Crippen LogP contribution is 2.43. The molecule has 4 atom stereocenters. The van der Waals surface area contributed by atoms with E-state index in [1.165, 1.54) is 26.5 Å². The summed E-state index contributed by atoms with van der Waals surface area (Å²) in [6.07, 6.45) is -1.30. The zero-order valence-electron chi connectivity index (χ0n) is 26.8. The molecular formula is C35H35N5O8. The molecule has 5 aromatic rings. The fraction of sp³-hybridized carbons (Fsp3) is 0.286. The Hall–Kier alpha value is -5.53. The highest BCUT2D eigenvalue weighted by molar-refractivity contribution is 5.81. The molecule has 0 radical (unpaired) electrons. The maximum absolute atomic E-state index is 12.5. The number of fused-ring (bicyclic) bond motifs is 1. The Bertz CT molecular complexity index is 1830. The van der Waals surface area contributed by atoms with Gasteiger partial charge in [0.15, 0.2) is 29.9 Å². The Morgan fingerprint density at radius 2 is 1.35 bits per heavy atom. The predicted molar refractivity (Wildman–Crippen MR) is 173 cm³/mol. The van der Waals surface area contributed by atoms with Crippen molar-refractivity contribution in [2.75, 3.05) is 26.6 Å². The van der Waals surface area contributed by atoms with Crippen LogP contribution in [0.25, 0.3) is 11.2 Å². The predicted octanol–water partition coefficient (Wildman–Crippen LogP) is 4.20. The summed E-state index contributed by atoms with van der Waals surface area (Å²) < 4.78 is 37.6. The van der Waals surface area contributed by atoms with E-state index >= 15 is 0 Å². The van der Waals surface area contributed by atoms with E-state index in [1.807, 2.05) is 78.9 Å². The lowest BCUT2D eigenvalue weighted by Crippen LogP contribution is -2.42. The van der Waals surface area contributed by atoms with Crippen molar-refractivity contribution in [3.05, 3.63) is 108 Å².